The van der Waals surface area contributed by atoms with Crippen molar-refractivity contribution in [1.82, 2.24) is 0 Å². The van der Waals surface area contributed by atoms with Gasteiger partial charge in [0.15, 0.2) is 11.5 Å². The van der Waals surface area contributed by atoms with Crippen molar-refractivity contribution in [1.29, 1.82) is 0 Å². The zero-order valence-electron chi connectivity index (χ0n) is 13.1. The smallest absolute Gasteiger partial charge is 0.716 e. The summed E-state index contributed by atoms with van der Waals surface area (Å²) in [5.74, 6) is -1.06. The third-order valence-corrected chi connectivity index (χ3v) is 3.18. The van der Waals surface area contributed by atoms with Gasteiger partial charge < -0.3 is 18.2 Å². The van der Waals surface area contributed by atoms with Crippen molar-refractivity contribution in [3.63, 3.8) is 0 Å². The van der Waals surface area contributed by atoms with Crippen LogP contribution in [0.2, 0.25) is 0 Å². The normalized spacial score (nSPS) is 10.4. The third kappa shape index (κ3) is 6.14. The Morgan fingerprint density at radius 2 is 1.75 bits per heavy atom. The van der Waals surface area contributed by atoms with Crippen molar-refractivity contribution in [2.45, 2.75) is 6.61 Å². The van der Waals surface area contributed by atoms with E-state index < -0.39 is 16.4 Å². The molecule has 0 spiro atoms. The van der Waals surface area contributed by atoms with Crippen molar-refractivity contribution in [2.75, 3.05) is 7.11 Å². The molecule has 9 heteroatoms. The van der Waals surface area contributed by atoms with E-state index in [1.807, 2.05) is 30.3 Å². The molecule has 0 aliphatic carbocycles. The fraction of sp³-hybridized carbons (Fsp3) is 0.133. The average molecular weight is 360 g/mol. The maximum Gasteiger partial charge on any atom is 1.00 e. The molecule has 0 aliphatic rings. The first-order valence-corrected chi connectivity index (χ1v) is 7.77. The van der Waals surface area contributed by atoms with Crippen LogP contribution in [-0.4, -0.2) is 26.0 Å². The van der Waals surface area contributed by atoms with Crippen LogP contribution in [0.1, 0.15) is 15.9 Å². The van der Waals surface area contributed by atoms with Crippen LogP contribution in [0.15, 0.2) is 48.5 Å². The summed E-state index contributed by atoms with van der Waals surface area (Å²) in [5.41, 5.74) is 0.860. The van der Waals surface area contributed by atoms with Gasteiger partial charge in [0.05, 0.1) is 12.7 Å². The first-order chi connectivity index (χ1) is 10.9. The van der Waals surface area contributed by atoms with E-state index in [4.69, 9.17) is 4.74 Å². The number of benzene rings is 2. The van der Waals surface area contributed by atoms with Crippen molar-refractivity contribution < 1.29 is 61.0 Å². The molecular weight excluding hydrogens is 347 g/mol. The number of esters is 1. The van der Waals surface area contributed by atoms with Crippen LogP contribution in [0.25, 0.3) is 0 Å². The molecule has 7 nitrogen and oxygen atoms in total. The van der Waals surface area contributed by atoms with Crippen LogP contribution in [-0.2, 0) is 21.7 Å². The fourth-order valence-electron chi connectivity index (χ4n) is 1.78. The van der Waals surface area contributed by atoms with Gasteiger partial charge in [-0.2, -0.15) is 0 Å². The monoisotopic (exact) mass is 360 g/mol. The van der Waals surface area contributed by atoms with Crippen LogP contribution in [0.4, 0.5) is 0 Å². The minimum atomic E-state index is -5.01. The van der Waals surface area contributed by atoms with Crippen molar-refractivity contribution in [2.24, 2.45) is 0 Å². The number of rotatable bonds is 6. The van der Waals surface area contributed by atoms with Gasteiger partial charge in [-0.25, -0.2) is 13.2 Å². The van der Waals surface area contributed by atoms with Gasteiger partial charge in [0.2, 0.25) is 0 Å². The molecule has 0 heterocycles. The predicted molar refractivity (Wildman–Crippen MR) is 78.9 cm³/mol. The van der Waals surface area contributed by atoms with Crippen molar-refractivity contribution >= 4 is 16.4 Å². The summed E-state index contributed by atoms with van der Waals surface area (Å²) in [6.07, 6.45) is 0. The second kappa shape index (κ2) is 9.05. The summed E-state index contributed by atoms with van der Waals surface area (Å²) in [7, 11) is -3.84. The topological polar surface area (TPSA) is 102 Å². The first kappa shape index (κ1) is 20.5. The zero-order valence-corrected chi connectivity index (χ0v) is 15.9. The molecule has 0 fully saturated rings. The molecule has 0 saturated carbocycles. The van der Waals surface area contributed by atoms with E-state index >= 15 is 0 Å². The van der Waals surface area contributed by atoms with Crippen LogP contribution >= 0.6 is 0 Å². The third-order valence-electron chi connectivity index (χ3n) is 2.79. The molecule has 0 aromatic heterocycles. The molecule has 0 N–H and O–H groups in total. The van der Waals surface area contributed by atoms with Gasteiger partial charge in [0.1, 0.15) is 6.61 Å². The van der Waals surface area contributed by atoms with E-state index in [0.717, 1.165) is 11.6 Å². The Labute approximate surface area is 161 Å². The number of methoxy groups -OCH3 is 1. The maximum absolute atomic E-state index is 11.5. The van der Waals surface area contributed by atoms with Crippen molar-refractivity contribution in [3.05, 3.63) is 59.7 Å². The van der Waals surface area contributed by atoms with E-state index in [0.29, 0.717) is 0 Å². The Morgan fingerprint density at radius 3 is 2.33 bits per heavy atom. The van der Waals surface area contributed by atoms with Gasteiger partial charge in [-0.15, -0.1) is 0 Å². The zero-order chi connectivity index (χ0) is 16.9. The summed E-state index contributed by atoms with van der Waals surface area (Å²) in [5, 5.41) is 0. The molecular formula is C15H13NaO7S. The summed E-state index contributed by atoms with van der Waals surface area (Å²) in [6.45, 7) is 0.133. The summed E-state index contributed by atoms with van der Waals surface area (Å²) >= 11 is 0. The molecule has 122 valence electrons. The molecule has 0 atom stereocenters. The molecule has 2 rings (SSSR count). The fourth-order valence-corrected chi connectivity index (χ4v) is 2.13. The number of carbonyl (C=O) groups is 1. The standard InChI is InChI=1S/C15H14O7S.Na/c1-20-15(16)12-7-8-13(14(9-12)22-23(17,18)19)21-10-11-5-3-2-4-6-11;/h2-9H,10H2,1H3,(H,17,18,19);/q;+1/p-1. The summed E-state index contributed by atoms with van der Waals surface area (Å²) < 4.78 is 46.8. The molecule has 2 aromatic carbocycles. The average Bonchev–Trinajstić information content (AvgIpc) is 2.52. The SMILES string of the molecule is COC(=O)c1ccc(OCc2ccccc2)c(OS(=O)(=O)[O-])c1.[Na+]. The Balaban J connectivity index is 0.00000288. The quantitative estimate of drug-likeness (QED) is 0.279. The summed E-state index contributed by atoms with van der Waals surface area (Å²) in [6, 6.07) is 12.9. The number of hydrogen-bond acceptors (Lipinski definition) is 7. The van der Waals surface area contributed by atoms with E-state index in [1.165, 1.54) is 19.2 Å². The van der Waals surface area contributed by atoms with Crippen LogP contribution in [0.3, 0.4) is 0 Å². The summed E-state index contributed by atoms with van der Waals surface area (Å²) in [4.78, 5) is 11.5. The molecule has 0 saturated heterocycles. The minimum Gasteiger partial charge on any atom is -0.716 e. The Kier molecular flexibility index (Phi) is 7.71. The van der Waals surface area contributed by atoms with E-state index in [1.54, 1.807) is 0 Å². The second-order valence-electron chi connectivity index (χ2n) is 4.42. The van der Waals surface area contributed by atoms with Crippen LogP contribution in [0, 0.1) is 0 Å². The van der Waals surface area contributed by atoms with Crippen LogP contribution in [0.5, 0.6) is 11.5 Å². The molecule has 2 aromatic rings. The first-order valence-electron chi connectivity index (χ1n) is 6.43. The van der Waals surface area contributed by atoms with E-state index in [2.05, 4.69) is 8.92 Å². The van der Waals surface area contributed by atoms with Gasteiger partial charge in [-0.05, 0) is 17.7 Å². The minimum absolute atomic E-state index is 0. The maximum atomic E-state index is 11.5. The largest absolute Gasteiger partial charge is 1.00 e. The molecule has 0 aliphatic heterocycles. The van der Waals surface area contributed by atoms with Gasteiger partial charge in [-0.3, -0.25) is 0 Å². The Morgan fingerprint density at radius 1 is 1.08 bits per heavy atom. The predicted octanol–water partition coefficient (Wildman–Crippen LogP) is -1.10. The van der Waals surface area contributed by atoms with Gasteiger partial charge in [0.25, 0.3) is 10.4 Å². The Bertz CT molecular complexity index is 791. The van der Waals surface area contributed by atoms with Crippen molar-refractivity contribution in [3.8, 4) is 11.5 Å². The van der Waals surface area contributed by atoms with Gasteiger partial charge in [-0.1, -0.05) is 30.3 Å². The molecule has 0 unspecified atom stereocenters. The molecule has 0 amide bonds. The number of hydrogen-bond donors (Lipinski definition) is 0. The second-order valence-corrected chi connectivity index (χ2v) is 5.40. The number of ether oxygens (including phenoxy) is 2. The molecule has 0 radical (unpaired) electrons. The number of carbonyl (C=O) groups excluding carboxylic acids is 1. The van der Waals surface area contributed by atoms with Gasteiger partial charge >= 0.3 is 35.5 Å². The Hall–Kier alpha value is -1.58. The molecule has 24 heavy (non-hydrogen) atoms. The molecule has 0 bridgehead atoms. The van der Waals surface area contributed by atoms with E-state index in [-0.39, 0.29) is 53.2 Å². The van der Waals surface area contributed by atoms with Crippen LogP contribution < -0.4 is 38.5 Å². The van der Waals surface area contributed by atoms with E-state index in [9.17, 15) is 17.8 Å². The van der Waals surface area contributed by atoms with Gasteiger partial charge in [0, 0.05) is 6.07 Å².